The van der Waals surface area contributed by atoms with Gasteiger partial charge in [0, 0.05) is 67.6 Å². The number of hydrogen-bond acceptors (Lipinski definition) is 4. The second-order valence-electron chi connectivity index (χ2n) is 21.7. The SMILES string of the molecule is c1ccc(N(c2ccccc2)c2ccc(N(c3ccc4c(c3)C(c3ccccc3)(c3ccccc3)c3cc(N(c5ccc(N(c6ccccc6)c6ccccc6)cc5)c5cccc6ccccc56)ccc3-4)c3cccc4ccccc34)cc2)cc1. The van der Waals surface area contributed by atoms with Gasteiger partial charge in [-0.2, -0.15) is 0 Å². The minimum atomic E-state index is -0.737. The molecule has 0 atom stereocenters. The van der Waals surface area contributed by atoms with Crippen LogP contribution in [0.5, 0.6) is 0 Å². The molecular weight excluding hydrogens is 1030 g/mol. The molecule has 0 fully saturated rings. The summed E-state index contributed by atoms with van der Waals surface area (Å²) in [5, 5.41) is 4.70. The molecule has 15 rings (SSSR count). The summed E-state index contributed by atoms with van der Waals surface area (Å²) in [5.41, 5.74) is 19.5. The topological polar surface area (TPSA) is 13.0 Å². The first-order chi connectivity index (χ1) is 42.2. The Kier molecular flexibility index (Phi) is 13.1. The summed E-state index contributed by atoms with van der Waals surface area (Å²) < 4.78 is 0. The van der Waals surface area contributed by atoms with E-state index in [1.807, 2.05) is 0 Å². The average molecular weight is 1090 g/mol. The molecule has 0 heterocycles. The summed E-state index contributed by atoms with van der Waals surface area (Å²) in [6.07, 6.45) is 0. The Morgan fingerprint density at radius 1 is 0.188 bits per heavy atom. The van der Waals surface area contributed by atoms with Crippen molar-refractivity contribution in [2.45, 2.75) is 5.41 Å². The van der Waals surface area contributed by atoms with Gasteiger partial charge in [0.15, 0.2) is 0 Å². The highest BCUT2D eigenvalue weighted by molar-refractivity contribution is 6.02. The summed E-state index contributed by atoms with van der Waals surface area (Å²) in [6, 6.07) is 128. The molecule has 0 radical (unpaired) electrons. The van der Waals surface area contributed by atoms with Crippen molar-refractivity contribution in [1.82, 2.24) is 0 Å². The zero-order valence-corrected chi connectivity index (χ0v) is 46.8. The van der Waals surface area contributed by atoms with Gasteiger partial charge in [-0.25, -0.2) is 0 Å². The molecule has 402 valence electrons. The molecule has 0 saturated carbocycles. The monoisotopic (exact) mass is 1090 g/mol. The van der Waals surface area contributed by atoms with Crippen LogP contribution in [-0.4, -0.2) is 0 Å². The quantitative estimate of drug-likeness (QED) is 0.108. The lowest BCUT2D eigenvalue weighted by Gasteiger charge is -2.36. The van der Waals surface area contributed by atoms with Gasteiger partial charge in [-0.1, -0.05) is 218 Å². The van der Waals surface area contributed by atoms with Crippen LogP contribution in [0.15, 0.2) is 352 Å². The Hall–Kier alpha value is -11.2. The molecule has 4 nitrogen and oxygen atoms in total. The number of fused-ring (bicyclic) bond motifs is 5. The van der Waals surface area contributed by atoms with Crippen LogP contribution in [0.2, 0.25) is 0 Å². The van der Waals surface area contributed by atoms with Gasteiger partial charge in [0.05, 0.1) is 16.8 Å². The van der Waals surface area contributed by atoms with E-state index < -0.39 is 5.41 Å². The minimum Gasteiger partial charge on any atom is -0.311 e. The average Bonchev–Trinajstić information content (AvgIpc) is 1.60. The number of benzene rings is 14. The molecule has 0 spiro atoms. The van der Waals surface area contributed by atoms with Crippen LogP contribution in [0.3, 0.4) is 0 Å². The summed E-state index contributed by atoms with van der Waals surface area (Å²) in [7, 11) is 0. The summed E-state index contributed by atoms with van der Waals surface area (Å²) in [5.74, 6) is 0. The molecule has 14 aromatic rings. The van der Waals surface area contributed by atoms with Gasteiger partial charge >= 0.3 is 0 Å². The lowest BCUT2D eigenvalue weighted by Crippen LogP contribution is -2.29. The first kappa shape index (κ1) is 50.7. The molecule has 1 aliphatic carbocycles. The van der Waals surface area contributed by atoms with Crippen LogP contribution in [-0.2, 0) is 5.41 Å². The molecule has 14 aromatic carbocycles. The second-order valence-corrected chi connectivity index (χ2v) is 21.7. The normalized spacial score (nSPS) is 12.1. The van der Waals surface area contributed by atoms with Crippen LogP contribution >= 0.6 is 0 Å². The van der Waals surface area contributed by atoms with Gasteiger partial charge in [0.1, 0.15) is 0 Å². The van der Waals surface area contributed by atoms with Gasteiger partial charge in [-0.3, -0.25) is 0 Å². The largest absolute Gasteiger partial charge is 0.311 e. The fourth-order valence-electron chi connectivity index (χ4n) is 13.1. The minimum absolute atomic E-state index is 0.737. The van der Waals surface area contributed by atoms with Gasteiger partial charge in [0.2, 0.25) is 0 Å². The molecule has 4 heteroatoms. The maximum atomic E-state index is 2.48. The Morgan fingerprint density at radius 3 is 0.788 bits per heavy atom. The van der Waals surface area contributed by atoms with Crippen LogP contribution in [0.1, 0.15) is 22.3 Å². The van der Waals surface area contributed by atoms with Crippen molar-refractivity contribution in [1.29, 1.82) is 0 Å². The fourth-order valence-corrected chi connectivity index (χ4v) is 13.1. The summed E-state index contributed by atoms with van der Waals surface area (Å²) in [6.45, 7) is 0. The molecule has 0 N–H and O–H groups in total. The van der Waals surface area contributed by atoms with Crippen molar-refractivity contribution in [2.75, 3.05) is 19.6 Å². The van der Waals surface area contributed by atoms with Crippen LogP contribution in [0, 0.1) is 0 Å². The fraction of sp³-hybridized carbons (Fsp3) is 0.0123. The molecular formula is C81H58N4. The second kappa shape index (κ2) is 21.9. The molecule has 0 amide bonds. The number of hydrogen-bond donors (Lipinski definition) is 0. The Bertz CT molecular complexity index is 4240. The van der Waals surface area contributed by atoms with E-state index >= 15 is 0 Å². The maximum Gasteiger partial charge on any atom is 0.0715 e. The lowest BCUT2D eigenvalue weighted by molar-refractivity contribution is 0.768. The molecule has 0 aliphatic heterocycles. The number of para-hydroxylation sites is 4. The van der Waals surface area contributed by atoms with Crippen molar-refractivity contribution >= 4 is 89.8 Å². The zero-order chi connectivity index (χ0) is 56.5. The van der Waals surface area contributed by atoms with Crippen molar-refractivity contribution in [3.05, 3.63) is 374 Å². The highest BCUT2D eigenvalue weighted by Gasteiger charge is 2.47. The predicted octanol–water partition coefficient (Wildman–Crippen LogP) is 22.2. The van der Waals surface area contributed by atoms with E-state index in [-0.39, 0.29) is 0 Å². The van der Waals surface area contributed by atoms with Crippen molar-refractivity contribution in [3.8, 4) is 11.1 Å². The van der Waals surface area contributed by atoms with E-state index in [0.29, 0.717) is 0 Å². The van der Waals surface area contributed by atoms with E-state index in [0.717, 1.165) is 68.2 Å². The molecule has 0 unspecified atom stereocenters. The van der Waals surface area contributed by atoms with E-state index in [9.17, 15) is 0 Å². The molecule has 85 heavy (non-hydrogen) atoms. The predicted molar refractivity (Wildman–Crippen MR) is 357 cm³/mol. The van der Waals surface area contributed by atoms with E-state index in [1.165, 1.54) is 54.9 Å². The van der Waals surface area contributed by atoms with E-state index in [4.69, 9.17) is 0 Å². The van der Waals surface area contributed by atoms with E-state index in [2.05, 4.69) is 371 Å². The van der Waals surface area contributed by atoms with Crippen LogP contribution in [0.25, 0.3) is 32.7 Å². The highest BCUT2D eigenvalue weighted by atomic mass is 15.2. The number of anilines is 12. The van der Waals surface area contributed by atoms with E-state index in [1.54, 1.807) is 0 Å². The summed E-state index contributed by atoms with van der Waals surface area (Å²) in [4.78, 5) is 9.56. The molecule has 0 saturated heterocycles. The number of nitrogens with zero attached hydrogens (tertiary/aromatic N) is 4. The third-order valence-corrected chi connectivity index (χ3v) is 16.8. The Morgan fingerprint density at radius 2 is 0.447 bits per heavy atom. The molecule has 0 aromatic heterocycles. The standard InChI is InChI=1S/C81H58N4/c1-7-29-61(30-8-1)81(62-31-9-2-10-32-62)77-57-71(84(79-43-23-27-59-25-19-21-41-73(59)79)69-49-45-67(46-50-69)82(63-33-11-3-12-34-63)64-35-13-4-14-36-64)53-55-75(77)76-56-54-72(58-78(76)81)85(80-44-24-28-60-26-20-22-42-74(60)80)70-51-47-68(48-52-70)83(65-37-15-5-16-38-65)66-39-17-6-18-40-66/h1-58H. The van der Waals surface area contributed by atoms with Crippen molar-refractivity contribution in [3.63, 3.8) is 0 Å². The number of rotatable bonds is 14. The maximum absolute atomic E-state index is 2.48. The summed E-state index contributed by atoms with van der Waals surface area (Å²) >= 11 is 0. The Balaban J connectivity index is 0.927. The first-order valence-corrected chi connectivity index (χ1v) is 29.2. The highest BCUT2D eigenvalue weighted by Crippen LogP contribution is 2.59. The van der Waals surface area contributed by atoms with Crippen molar-refractivity contribution in [2.24, 2.45) is 0 Å². The first-order valence-electron chi connectivity index (χ1n) is 29.2. The zero-order valence-electron chi connectivity index (χ0n) is 46.8. The van der Waals surface area contributed by atoms with Gasteiger partial charge in [-0.15, -0.1) is 0 Å². The molecule has 1 aliphatic rings. The van der Waals surface area contributed by atoms with Gasteiger partial charge in [0.25, 0.3) is 0 Å². The van der Waals surface area contributed by atoms with Gasteiger partial charge < -0.3 is 19.6 Å². The van der Waals surface area contributed by atoms with Crippen molar-refractivity contribution < 1.29 is 0 Å². The Labute approximate surface area is 497 Å². The lowest BCUT2D eigenvalue weighted by atomic mass is 9.67. The van der Waals surface area contributed by atoms with Gasteiger partial charge in [-0.05, 0) is 178 Å². The van der Waals surface area contributed by atoms with Crippen LogP contribution < -0.4 is 19.6 Å². The molecule has 0 bridgehead atoms. The van der Waals surface area contributed by atoms with Crippen LogP contribution in [0.4, 0.5) is 68.2 Å². The third-order valence-electron chi connectivity index (χ3n) is 16.8. The smallest absolute Gasteiger partial charge is 0.0715 e. The third kappa shape index (κ3) is 9.05.